The van der Waals surface area contributed by atoms with Crippen molar-refractivity contribution < 1.29 is 0 Å². The predicted octanol–water partition coefficient (Wildman–Crippen LogP) is 2.46. The van der Waals surface area contributed by atoms with E-state index in [0.29, 0.717) is 17.3 Å². The van der Waals surface area contributed by atoms with Crippen LogP contribution in [0.2, 0.25) is 0 Å². The Hall–Kier alpha value is -1.93. The zero-order valence-electron chi connectivity index (χ0n) is 8.06. The quantitative estimate of drug-likeness (QED) is 0.837. The summed E-state index contributed by atoms with van der Waals surface area (Å²) in [7, 11) is 0. The molecular weight excluding hydrogens is 208 g/mol. The lowest BCUT2D eigenvalue weighted by atomic mass is 10.4. The molecule has 0 aliphatic carbocycles. The van der Waals surface area contributed by atoms with Crippen molar-refractivity contribution in [3.05, 3.63) is 35.1 Å². The van der Waals surface area contributed by atoms with Crippen LogP contribution in [-0.2, 0) is 0 Å². The summed E-state index contributed by atoms with van der Waals surface area (Å²) in [5.74, 6) is 1.25. The highest BCUT2D eigenvalue weighted by Gasteiger charge is 2.01. The van der Waals surface area contributed by atoms with Gasteiger partial charge in [0.2, 0.25) is 0 Å². The van der Waals surface area contributed by atoms with Gasteiger partial charge in [-0.15, -0.1) is 11.3 Å². The molecule has 0 atom stereocenters. The molecule has 0 unspecified atom stereocenters. The normalized spacial score (nSPS) is 9.60. The fourth-order valence-corrected chi connectivity index (χ4v) is 1.79. The number of rotatable bonds is 2. The minimum atomic E-state index is 0.376. The molecule has 0 spiro atoms. The third kappa shape index (κ3) is 2.30. The van der Waals surface area contributed by atoms with Gasteiger partial charge in [0.15, 0.2) is 0 Å². The number of hydrogen-bond donors (Lipinski definition) is 1. The Bertz CT molecular complexity index is 499. The number of anilines is 2. The van der Waals surface area contributed by atoms with Crippen LogP contribution in [0.25, 0.3) is 0 Å². The first kappa shape index (κ1) is 9.62. The summed E-state index contributed by atoms with van der Waals surface area (Å²) in [6, 6.07) is 7.53. The van der Waals surface area contributed by atoms with Crippen molar-refractivity contribution in [1.29, 1.82) is 5.26 Å². The third-order valence-corrected chi connectivity index (χ3v) is 2.51. The van der Waals surface area contributed by atoms with Gasteiger partial charge in [-0.3, -0.25) is 0 Å². The number of aromatic nitrogens is 2. The average Bonchev–Trinajstić information content (AvgIpc) is 2.69. The number of nitrogens with one attached hydrogen (secondary N) is 1. The summed E-state index contributed by atoms with van der Waals surface area (Å²) >= 11 is 1.58. The van der Waals surface area contributed by atoms with Gasteiger partial charge in [-0.05, 0) is 24.4 Å². The van der Waals surface area contributed by atoms with Crippen molar-refractivity contribution in [2.45, 2.75) is 6.92 Å². The topological polar surface area (TPSA) is 61.6 Å². The summed E-state index contributed by atoms with van der Waals surface area (Å²) in [6.45, 7) is 1.76. The number of aryl methyl sites for hydroxylation is 1. The monoisotopic (exact) mass is 216 g/mol. The van der Waals surface area contributed by atoms with E-state index >= 15 is 0 Å². The second-order valence-electron chi connectivity index (χ2n) is 2.90. The molecule has 1 N–H and O–H groups in total. The highest BCUT2D eigenvalue weighted by Crippen LogP contribution is 2.20. The van der Waals surface area contributed by atoms with Crippen molar-refractivity contribution in [2.24, 2.45) is 0 Å². The summed E-state index contributed by atoms with van der Waals surface area (Å²) < 4.78 is 0. The van der Waals surface area contributed by atoms with Crippen molar-refractivity contribution in [2.75, 3.05) is 5.32 Å². The Morgan fingerprint density at radius 3 is 3.00 bits per heavy atom. The Kier molecular flexibility index (Phi) is 2.61. The fourth-order valence-electron chi connectivity index (χ4n) is 1.16. The number of nitrogens with zero attached hydrogens (tertiary/aromatic N) is 3. The van der Waals surface area contributed by atoms with Crippen molar-refractivity contribution >= 4 is 22.2 Å². The van der Waals surface area contributed by atoms with Crippen molar-refractivity contribution in [3.63, 3.8) is 0 Å². The molecule has 5 heteroatoms. The maximum absolute atomic E-state index is 8.75. The van der Waals surface area contributed by atoms with Crippen LogP contribution in [-0.4, -0.2) is 9.97 Å². The van der Waals surface area contributed by atoms with E-state index in [2.05, 4.69) is 15.3 Å². The molecule has 0 fully saturated rings. The van der Waals surface area contributed by atoms with Crippen LogP contribution in [0.4, 0.5) is 10.8 Å². The predicted molar refractivity (Wildman–Crippen MR) is 59.1 cm³/mol. The molecular formula is C10H8N4S. The van der Waals surface area contributed by atoms with Gasteiger partial charge in [-0.1, -0.05) is 0 Å². The van der Waals surface area contributed by atoms with E-state index in [1.54, 1.807) is 24.3 Å². The van der Waals surface area contributed by atoms with Gasteiger partial charge in [-0.2, -0.15) is 5.26 Å². The van der Waals surface area contributed by atoms with Gasteiger partial charge in [0, 0.05) is 6.07 Å². The molecule has 15 heavy (non-hydrogen) atoms. The molecule has 2 heterocycles. The van der Waals surface area contributed by atoms with Crippen LogP contribution < -0.4 is 5.32 Å². The van der Waals surface area contributed by atoms with Crippen molar-refractivity contribution in [3.8, 4) is 6.07 Å². The van der Waals surface area contributed by atoms with E-state index in [1.165, 1.54) is 0 Å². The molecule has 0 bridgehead atoms. The summed E-state index contributed by atoms with van der Waals surface area (Å²) in [5, 5.41) is 14.8. The second-order valence-corrected chi connectivity index (χ2v) is 3.85. The first-order valence-electron chi connectivity index (χ1n) is 4.34. The molecule has 74 valence electrons. The van der Waals surface area contributed by atoms with Gasteiger partial charge in [0.05, 0.1) is 5.00 Å². The average molecular weight is 216 g/mol. The lowest BCUT2D eigenvalue weighted by molar-refractivity contribution is 1.04. The molecule has 2 rings (SSSR count). The van der Waals surface area contributed by atoms with E-state index < -0.39 is 0 Å². The SMILES string of the molecule is Cc1nc(C#N)cc(Nc2cccs2)n1. The van der Waals surface area contributed by atoms with E-state index in [9.17, 15) is 0 Å². The second kappa shape index (κ2) is 4.07. The van der Waals surface area contributed by atoms with Crippen molar-refractivity contribution in [1.82, 2.24) is 9.97 Å². The van der Waals surface area contributed by atoms with Crippen LogP contribution >= 0.6 is 11.3 Å². The maximum Gasteiger partial charge on any atom is 0.146 e. The van der Waals surface area contributed by atoms with Gasteiger partial charge in [0.1, 0.15) is 23.4 Å². The molecule has 0 amide bonds. The minimum Gasteiger partial charge on any atom is -0.332 e. The first-order valence-corrected chi connectivity index (χ1v) is 5.22. The Balaban J connectivity index is 2.29. The van der Waals surface area contributed by atoms with Crippen LogP contribution in [0.1, 0.15) is 11.5 Å². The summed E-state index contributed by atoms with van der Waals surface area (Å²) in [6.07, 6.45) is 0. The summed E-state index contributed by atoms with van der Waals surface area (Å²) in [5.41, 5.74) is 0.376. The van der Waals surface area contributed by atoms with Crippen LogP contribution in [0.3, 0.4) is 0 Å². The highest BCUT2D eigenvalue weighted by atomic mass is 32.1. The molecule has 2 aromatic heterocycles. The molecule has 0 aliphatic heterocycles. The minimum absolute atomic E-state index is 0.376. The van der Waals surface area contributed by atoms with Gasteiger partial charge < -0.3 is 5.32 Å². The lowest BCUT2D eigenvalue weighted by Crippen LogP contribution is -1.97. The third-order valence-electron chi connectivity index (χ3n) is 1.72. The Morgan fingerprint density at radius 1 is 1.47 bits per heavy atom. The number of hydrogen-bond acceptors (Lipinski definition) is 5. The molecule has 0 saturated carbocycles. The van der Waals surface area contributed by atoms with Crippen LogP contribution in [0.15, 0.2) is 23.6 Å². The largest absolute Gasteiger partial charge is 0.332 e. The van der Waals surface area contributed by atoms with Crippen LogP contribution in [0.5, 0.6) is 0 Å². The highest BCUT2D eigenvalue weighted by molar-refractivity contribution is 7.14. The summed E-state index contributed by atoms with van der Waals surface area (Å²) in [4.78, 5) is 8.16. The zero-order chi connectivity index (χ0) is 10.7. The Morgan fingerprint density at radius 2 is 2.33 bits per heavy atom. The van der Waals surface area contributed by atoms with E-state index in [-0.39, 0.29) is 0 Å². The van der Waals surface area contributed by atoms with Crippen LogP contribution in [0, 0.1) is 18.3 Å². The first-order chi connectivity index (χ1) is 7.28. The fraction of sp³-hybridized carbons (Fsp3) is 0.100. The van der Waals surface area contributed by atoms with E-state index in [4.69, 9.17) is 5.26 Å². The number of thiophene rings is 1. The molecule has 0 saturated heterocycles. The maximum atomic E-state index is 8.75. The molecule has 0 radical (unpaired) electrons. The number of nitriles is 1. The standard InChI is InChI=1S/C10H8N4S/c1-7-12-8(6-11)5-9(13-7)14-10-3-2-4-15-10/h2-5H,1H3,(H,12,13,14). The molecule has 0 aliphatic rings. The van der Waals surface area contributed by atoms with Gasteiger partial charge in [0.25, 0.3) is 0 Å². The smallest absolute Gasteiger partial charge is 0.146 e. The van der Waals surface area contributed by atoms with E-state index in [0.717, 1.165) is 5.00 Å². The van der Waals surface area contributed by atoms with Gasteiger partial charge in [-0.25, -0.2) is 9.97 Å². The molecule has 4 nitrogen and oxygen atoms in total. The Labute approximate surface area is 91.2 Å². The van der Waals surface area contributed by atoms with E-state index in [1.807, 2.05) is 23.6 Å². The van der Waals surface area contributed by atoms with Gasteiger partial charge >= 0.3 is 0 Å². The molecule has 2 aromatic rings. The molecule has 0 aromatic carbocycles. The lowest BCUT2D eigenvalue weighted by Gasteiger charge is -2.03. The zero-order valence-corrected chi connectivity index (χ0v) is 8.88.